The lowest BCUT2D eigenvalue weighted by Gasteiger charge is -1.92. The monoisotopic (exact) mass is 225 g/mol. The van der Waals surface area contributed by atoms with E-state index in [4.69, 9.17) is 4.42 Å². The molecule has 60 valence electrons. The van der Waals surface area contributed by atoms with E-state index in [9.17, 15) is 0 Å². The lowest BCUT2D eigenvalue weighted by Crippen LogP contribution is -1.85. The van der Waals surface area contributed by atoms with Crippen molar-refractivity contribution in [2.24, 2.45) is 0 Å². The van der Waals surface area contributed by atoms with E-state index in [1.54, 1.807) is 18.6 Å². The number of nitrogens with zero attached hydrogens (tertiary/aromatic N) is 3. The van der Waals surface area contributed by atoms with Gasteiger partial charge in [-0.3, -0.25) is 4.98 Å². The van der Waals surface area contributed by atoms with Crippen LogP contribution in [0.5, 0.6) is 0 Å². The summed E-state index contributed by atoms with van der Waals surface area (Å²) < 4.78 is 5.71. The number of halogens is 1. The molecule has 0 radical (unpaired) electrons. The van der Waals surface area contributed by atoms with Gasteiger partial charge in [-0.2, -0.15) is 0 Å². The van der Waals surface area contributed by atoms with Gasteiger partial charge in [-0.1, -0.05) is 0 Å². The average molecular weight is 226 g/mol. The Hall–Kier alpha value is -1.23. The molecule has 5 heteroatoms. The van der Waals surface area contributed by atoms with E-state index in [0.29, 0.717) is 16.2 Å². The first-order valence-corrected chi connectivity index (χ1v) is 4.03. The van der Waals surface area contributed by atoms with Gasteiger partial charge in [0.25, 0.3) is 0 Å². The molecule has 2 aromatic heterocycles. The Morgan fingerprint density at radius 1 is 1.33 bits per heavy atom. The first-order valence-electron chi connectivity index (χ1n) is 3.23. The highest BCUT2D eigenvalue weighted by molar-refractivity contribution is 9.10. The molecule has 0 spiro atoms. The molecular weight excluding hydrogens is 222 g/mol. The maximum absolute atomic E-state index is 5.04. The fraction of sp³-hybridized carbons (Fsp3) is 0. The van der Waals surface area contributed by atoms with Crippen LogP contribution < -0.4 is 0 Å². The van der Waals surface area contributed by atoms with Gasteiger partial charge in [-0.15, -0.1) is 0 Å². The molecule has 2 rings (SSSR count). The highest BCUT2D eigenvalue weighted by Crippen LogP contribution is 2.14. The largest absolute Gasteiger partial charge is 0.443 e. The number of oxazole rings is 1. The van der Waals surface area contributed by atoms with Crippen LogP contribution in [0.25, 0.3) is 11.6 Å². The zero-order valence-corrected chi connectivity index (χ0v) is 7.52. The van der Waals surface area contributed by atoms with Gasteiger partial charge in [0.05, 0.1) is 18.6 Å². The van der Waals surface area contributed by atoms with Crippen molar-refractivity contribution in [3.63, 3.8) is 0 Å². The molecule has 0 aliphatic heterocycles. The molecule has 0 aliphatic rings. The van der Waals surface area contributed by atoms with Gasteiger partial charge < -0.3 is 4.42 Å². The minimum Gasteiger partial charge on any atom is -0.443 e. The molecule has 0 unspecified atom stereocenters. The summed E-state index contributed by atoms with van der Waals surface area (Å²) in [6, 6.07) is 0. The van der Waals surface area contributed by atoms with Crippen molar-refractivity contribution in [2.45, 2.75) is 0 Å². The number of rotatable bonds is 1. The van der Waals surface area contributed by atoms with Crippen LogP contribution in [0, 0.1) is 0 Å². The van der Waals surface area contributed by atoms with Crippen LogP contribution in [0.15, 0.2) is 33.9 Å². The van der Waals surface area contributed by atoms with Crippen LogP contribution >= 0.6 is 15.9 Å². The predicted molar refractivity (Wildman–Crippen MR) is 45.2 cm³/mol. The maximum atomic E-state index is 5.04. The van der Waals surface area contributed by atoms with Gasteiger partial charge in [-0.25, -0.2) is 9.97 Å². The fourth-order valence-corrected chi connectivity index (χ4v) is 1.10. The van der Waals surface area contributed by atoms with E-state index in [0.717, 1.165) is 0 Å². The van der Waals surface area contributed by atoms with Crippen LogP contribution in [0.1, 0.15) is 0 Å². The van der Waals surface area contributed by atoms with Gasteiger partial charge >= 0.3 is 0 Å². The normalized spacial score (nSPS) is 10.1. The molecule has 0 N–H and O–H groups in total. The third kappa shape index (κ3) is 1.35. The number of hydrogen-bond donors (Lipinski definition) is 0. The lowest BCUT2D eigenvalue weighted by atomic mass is 10.4. The third-order valence-corrected chi connectivity index (χ3v) is 1.64. The molecular formula is C7H4BrN3O. The van der Waals surface area contributed by atoms with Gasteiger partial charge in [0.15, 0.2) is 0 Å². The zero-order valence-electron chi connectivity index (χ0n) is 5.94. The fourth-order valence-electron chi connectivity index (χ4n) is 0.795. The molecule has 0 saturated heterocycles. The Labute approximate surface area is 76.8 Å². The smallest absolute Gasteiger partial charge is 0.246 e. The molecule has 0 atom stereocenters. The minimum atomic E-state index is 0.476. The van der Waals surface area contributed by atoms with E-state index in [-0.39, 0.29) is 0 Å². The second-order valence-electron chi connectivity index (χ2n) is 2.06. The number of aromatic nitrogens is 3. The standard InChI is InChI=1S/C7H4BrN3O/c8-6-4-9-3-5(11-6)7-10-1-2-12-7/h1-4H. The van der Waals surface area contributed by atoms with Crippen molar-refractivity contribution < 1.29 is 4.42 Å². The van der Waals surface area contributed by atoms with Gasteiger partial charge in [0.2, 0.25) is 5.89 Å². The van der Waals surface area contributed by atoms with E-state index in [1.165, 1.54) is 6.26 Å². The van der Waals surface area contributed by atoms with Crippen molar-refractivity contribution in [3.05, 3.63) is 29.5 Å². The van der Waals surface area contributed by atoms with Crippen LogP contribution in [0.2, 0.25) is 0 Å². The highest BCUT2D eigenvalue weighted by atomic mass is 79.9. The van der Waals surface area contributed by atoms with E-state index in [2.05, 4.69) is 30.9 Å². The molecule has 12 heavy (non-hydrogen) atoms. The van der Waals surface area contributed by atoms with E-state index in [1.807, 2.05) is 0 Å². The Bertz CT molecular complexity index is 374. The van der Waals surface area contributed by atoms with Gasteiger partial charge in [0.1, 0.15) is 16.6 Å². The molecule has 0 aliphatic carbocycles. The second kappa shape index (κ2) is 3.02. The first kappa shape index (κ1) is 7.42. The van der Waals surface area contributed by atoms with Crippen LogP contribution in [-0.2, 0) is 0 Å². The molecule has 4 nitrogen and oxygen atoms in total. The zero-order chi connectivity index (χ0) is 8.39. The van der Waals surface area contributed by atoms with Crippen molar-refractivity contribution in [1.82, 2.24) is 15.0 Å². The first-order chi connectivity index (χ1) is 5.86. The molecule has 2 aromatic rings. The van der Waals surface area contributed by atoms with Gasteiger partial charge in [0, 0.05) is 0 Å². The van der Waals surface area contributed by atoms with Crippen molar-refractivity contribution >= 4 is 15.9 Å². The molecule has 0 amide bonds. The topological polar surface area (TPSA) is 51.8 Å². The predicted octanol–water partition coefficient (Wildman–Crippen LogP) is 1.89. The van der Waals surface area contributed by atoms with Crippen LogP contribution in [-0.4, -0.2) is 15.0 Å². The molecule has 0 aromatic carbocycles. The van der Waals surface area contributed by atoms with Crippen LogP contribution in [0.3, 0.4) is 0 Å². The Kier molecular flexibility index (Phi) is 1.87. The van der Waals surface area contributed by atoms with E-state index < -0.39 is 0 Å². The summed E-state index contributed by atoms with van der Waals surface area (Å²) in [6.07, 6.45) is 6.26. The molecule has 0 fully saturated rings. The summed E-state index contributed by atoms with van der Waals surface area (Å²) in [4.78, 5) is 12.0. The molecule has 0 saturated carbocycles. The Morgan fingerprint density at radius 2 is 2.25 bits per heavy atom. The summed E-state index contributed by atoms with van der Waals surface area (Å²) >= 11 is 3.20. The Morgan fingerprint density at radius 3 is 2.92 bits per heavy atom. The third-order valence-electron chi connectivity index (χ3n) is 1.26. The van der Waals surface area contributed by atoms with Crippen molar-refractivity contribution in [2.75, 3.05) is 0 Å². The highest BCUT2D eigenvalue weighted by Gasteiger charge is 2.03. The second-order valence-corrected chi connectivity index (χ2v) is 2.88. The Balaban J connectivity index is 2.48. The lowest BCUT2D eigenvalue weighted by molar-refractivity contribution is 0.571. The summed E-state index contributed by atoms with van der Waals surface area (Å²) in [5.41, 5.74) is 0.620. The molecule has 2 heterocycles. The van der Waals surface area contributed by atoms with Crippen molar-refractivity contribution in [1.29, 1.82) is 0 Å². The summed E-state index contributed by atoms with van der Waals surface area (Å²) in [7, 11) is 0. The number of hydrogen-bond acceptors (Lipinski definition) is 4. The van der Waals surface area contributed by atoms with Crippen molar-refractivity contribution in [3.8, 4) is 11.6 Å². The summed E-state index contributed by atoms with van der Waals surface area (Å²) in [6.45, 7) is 0. The van der Waals surface area contributed by atoms with Crippen LogP contribution in [0.4, 0.5) is 0 Å². The summed E-state index contributed by atoms with van der Waals surface area (Å²) in [5, 5.41) is 0. The maximum Gasteiger partial charge on any atom is 0.246 e. The van der Waals surface area contributed by atoms with E-state index >= 15 is 0 Å². The van der Waals surface area contributed by atoms with Gasteiger partial charge in [-0.05, 0) is 15.9 Å². The molecule has 0 bridgehead atoms. The minimum absolute atomic E-state index is 0.476. The SMILES string of the molecule is Brc1cncc(-c2ncco2)n1. The average Bonchev–Trinajstić information content (AvgIpc) is 2.56. The summed E-state index contributed by atoms with van der Waals surface area (Å²) in [5.74, 6) is 0.476. The quantitative estimate of drug-likeness (QED) is 0.744.